The van der Waals surface area contributed by atoms with Gasteiger partial charge in [0.2, 0.25) is 0 Å². The van der Waals surface area contributed by atoms with Gasteiger partial charge in [0.05, 0.1) is 0 Å². The second kappa shape index (κ2) is 5.72. The molecule has 2 unspecified atom stereocenters. The van der Waals surface area contributed by atoms with Gasteiger partial charge in [0.1, 0.15) is 6.04 Å². The minimum atomic E-state index is -0.899. The lowest BCUT2D eigenvalue weighted by atomic mass is 9.89. The SMILES string of the molecule is CCNC(=O)N1CCC(CC)CC1C(=O)O. The number of aliphatic carboxylic acids is 1. The van der Waals surface area contributed by atoms with Crippen molar-refractivity contribution in [2.75, 3.05) is 13.1 Å². The molecule has 2 amide bonds. The Morgan fingerprint density at radius 3 is 2.62 bits per heavy atom. The summed E-state index contributed by atoms with van der Waals surface area (Å²) in [4.78, 5) is 24.2. The zero-order valence-corrected chi connectivity index (χ0v) is 9.90. The highest BCUT2D eigenvalue weighted by Crippen LogP contribution is 2.25. The Balaban J connectivity index is 2.68. The molecule has 5 nitrogen and oxygen atoms in total. The Hall–Kier alpha value is -1.26. The van der Waals surface area contributed by atoms with Crippen LogP contribution in [-0.2, 0) is 4.79 Å². The van der Waals surface area contributed by atoms with Gasteiger partial charge >= 0.3 is 12.0 Å². The van der Waals surface area contributed by atoms with Crippen molar-refractivity contribution in [2.45, 2.75) is 39.2 Å². The van der Waals surface area contributed by atoms with Crippen LogP contribution in [0, 0.1) is 5.92 Å². The fourth-order valence-corrected chi connectivity index (χ4v) is 2.14. The van der Waals surface area contributed by atoms with E-state index in [1.54, 1.807) is 0 Å². The van der Waals surface area contributed by atoms with Gasteiger partial charge in [0, 0.05) is 13.1 Å². The Bertz CT molecular complexity index is 268. The van der Waals surface area contributed by atoms with E-state index >= 15 is 0 Å². The van der Waals surface area contributed by atoms with Gasteiger partial charge in [0.25, 0.3) is 0 Å². The largest absolute Gasteiger partial charge is 0.480 e. The zero-order chi connectivity index (χ0) is 12.1. The van der Waals surface area contributed by atoms with Crippen LogP contribution in [0.25, 0.3) is 0 Å². The third-order valence-electron chi connectivity index (χ3n) is 3.16. The Kier molecular flexibility index (Phi) is 4.58. The third kappa shape index (κ3) is 2.87. The number of nitrogens with one attached hydrogen (secondary N) is 1. The van der Waals surface area contributed by atoms with Crippen molar-refractivity contribution in [3.63, 3.8) is 0 Å². The van der Waals surface area contributed by atoms with Crippen molar-refractivity contribution in [2.24, 2.45) is 5.92 Å². The molecule has 1 rings (SSSR count). The van der Waals surface area contributed by atoms with E-state index in [1.807, 2.05) is 6.92 Å². The number of carbonyl (C=O) groups is 2. The molecule has 0 saturated carbocycles. The number of likely N-dealkylation sites (tertiary alicyclic amines) is 1. The van der Waals surface area contributed by atoms with E-state index in [0.29, 0.717) is 25.4 Å². The maximum atomic E-state index is 11.7. The van der Waals surface area contributed by atoms with E-state index in [4.69, 9.17) is 5.11 Å². The molecule has 0 bridgehead atoms. The minimum absolute atomic E-state index is 0.260. The molecule has 92 valence electrons. The first kappa shape index (κ1) is 12.8. The van der Waals surface area contributed by atoms with Crippen LogP contribution >= 0.6 is 0 Å². The maximum absolute atomic E-state index is 11.7. The van der Waals surface area contributed by atoms with Gasteiger partial charge in [-0.15, -0.1) is 0 Å². The minimum Gasteiger partial charge on any atom is -0.480 e. The summed E-state index contributed by atoms with van der Waals surface area (Å²) in [7, 11) is 0. The number of amides is 2. The van der Waals surface area contributed by atoms with Gasteiger partial charge in [-0.05, 0) is 25.7 Å². The quantitative estimate of drug-likeness (QED) is 0.764. The van der Waals surface area contributed by atoms with Crippen LogP contribution in [0.2, 0.25) is 0 Å². The molecule has 2 atom stereocenters. The molecule has 0 aromatic carbocycles. The van der Waals surface area contributed by atoms with Crippen LogP contribution < -0.4 is 5.32 Å². The Labute approximate surface area is 95.8 Å². The molecule has 0 aromatic heterocycles. The van der Waals surface area contributed by atoms with Crippen LogP contribution in [-0.4, -0.2) is 41.1 Å². The summed E-state index contributed by atoms with van der Waals surface area (Å²) in [5, 5.41) is 11.8. The van der Waals surface area contributed by atoms with Crippen LogP contribution in [0.3, 0.4) is 0 Å². The molecule has 1 saturated heterocycles. The van der Waals surface area contributed by atoms with E-state index in [2.05, 4.69) is 12.2 Å². The molecular formula is C11H20N2O3. The van der Waals surface area contributed by atoms with Gasteiger partial charge in [-0.25, -0.2) is 9.59 Å². The number of carbonyl (C=O) groups excluding carboxylic acids is 1. The molecule has 0 aliphatic carbocycles. The Morgan fingerprint density at radius 2 is 2.12 bits per heavy atom. The molecular weight excluding hydrogens is 208 g/mol. The van der Waals surface area contributed by atoms with E-state index in [1.165, 1.54) is 4.90 Å². The number of nitrogens with zero attached hydrogens (tertiary/aromatic N) is 1. The lowest BCUT2D eigenvalue weighted by molar-refractivity contribution is -0.144. The van der Waals surface area contributed by atoms with Crippen molar-refractivity contribution >= 4 is 12.0 Å². The smallest absolute Gasteiger partial charge is 0.326 e. The van der Waals surface area contributed by atoms with Crippen molar-refractivity contribution in [3.05, 3.63) is 0 Å². The van der Waals surface area contributed by atoms with Crippen LogP contribution in [0.4, 0.5) is 4.79 Å². The summed E-state index contributed by atoms with van der Waals surface area (Å²) >= 11 is 0. The predicted molar refractivity (Wildman–Crippen MR) is 60.2 cm³/mol. The first-order valence-corrected chi connectivity index (χ1v) is 5.87. The van der Waals surface area contributed by atoms with Crippen molar-refractivity contribution in [1.29, 1.82) is 0 Å². The van der Waals surface area contributed by atoms with Gasteiger partial charge in [-0.1, -0.05) is 13.3 Å². The molecule has 1 fully saturated rings. The van der Waals surface area contributed by atoms with Gasteiger partial charge in [0.15, 0.2) is 0 Å². The van der Waals surface area contributed by atoms with Crippen LogP contribution in [0.5, 0.6) is 0 Å². The summed E-state index contributed by atoms with van der Waals surface area (Å²) in [6.45, 7) is 4.96. The number of urea groups is 1. The number of rotatable bonds is 3. The summed E-state index contributed by atoms with van der Waals surface area (Å²) in [5.41, 5.74) is 0. The number of carboxylic acid groups (broad SMARTS) is 1. The number of hydrogen-bond donors (Lipinski definition) is 2. The van der Waals surface area contributed by atoms with E-state index in [9.17, 15) is 9.59 Å². The monoisotopic (exact) mass is 228 g/mol. The average Bonchev–Trinajstić information content (AvgIpc) is 2.28. The van der Waals surface area contributed by atoms with Crippen molar-refractivity contribution < 1.29 is 14.7 Å². The van der Waals surface area contributed by atoms with Crippen LogP contribution in [0.15, 0.2) is 0 Å². The Morgan fingerprint density at radius 1 is 1.44 bits per heavy atom. The first-order chi connectivity index (χ1) is 7.60. The fourth-order valence-electron chi connectivity index (χ4n) is 2.14. The van der Waals surface area contributed by atoms with E-state index < -0.39 is 12.0 Å². The summed E-state index contributed by atoms with van der Waals surface area (Å²) in [6.07, 6.45) is 2.45. The third-order valence-corrected chi connectivity index (χ3v) is 3.16. The highest BCUT2D eigenvalue weighted by atomic mass is 16.4. The summed E-state index contributed by atoms with van der Waals surface area (Å²) in [5.74, 6) is -0.476. The lowest BCUT2D eigenvalue weighted by Gasteiger charge is -2.36. The second-order valence-corrected chi connectivity index (χ2v) is 4.18. The topological polar surface area (TPSA) is 69.6 Å². The second-order valence-electron chi connectivity index (χ2n) is 4.18. The fraction of sp³-hybridized carbons (Fsp3) is 0.818. The highest BCUT2D eigenvalue weighted by molar-refractivity contribution is 5.82. The standard InChI is InChI=1S/C11H20N2O3/c1-3-8-5-6-13(11(16)12-4-2)9(7-8)10(14)15/h8-9H,3-7H2,1-2H3,(H,12,16)(H,14,15). The predicted octanol–water partition coefficient (Wildman–Crippen LogP) is 1.29. The number of hydrogen-bond acceptors (Lipinski definition) is 2. The number of carboxylic acids is 1. The highest BCUT2D eigenvalue weighted by Gasteiger charge is 2.35. The molecule has 1 aliphatic heterocycles. The molecule has 16 heavy (non-hydrogen) atoms. The van der Waals surface area contributed by atoms with E-state index in [0.717, 1.165) is 12.8 Å². The lowest BCUT2D eigenvalue weighted by Crippen LogP contribution is -2.53. The van der Waals surface area contributed by atoms with Gasteiger partial charge in [-0.2, -0.15) is 0 Å². The van der Waals surface area contributed by atoms with Crippen molar-refractivity contribution in [3.8, 4) is 0 Å². The van der Waals surface area contributed by atoms with Crippen LogP contribution in [0.1, 0.15) is 33.1 Å². The summed E-state index contributed by atoms with van der Waals surface area (Å²) in [6, 6.07) is -0.922. The number of piperidine rings is 1. The zero-order valence-electron chi connectivity index (χ0n) is 9.90. The molecule has 2 N–H and O–H groups in total. The molecule has 0 aromatic rings. The molecule has 1 heterocycles. The average molecular weight is 228 g/mol. The molecule has 0 spiro atoms. The van der Waals surface area contributed by atoms with Gasteiger partial charge < -0.3 is 15.3 Å². The molecule has 1 aliphatic rings. The van der Waals surface area contributed by atoms with Crippen molar-refractivity contribution in [1.82, 2.24) is 10.2 Å². The molecule has 0 radical (unpaired) electrons. The maximum Gasteiger partial charge on any atom is 0.326 e. The first-order valence-electron chi connectivity index (χ1n) is 5.87. The van der Waals surface area contributed by atoms with Gasteiger partial charge in [-0.3, -0.25) is 0 Å². The molecule has 5 heteroatoms. The normalized spacial score (nSPS) is 25.2. The van der Waals surface area contributed by atoms with E-state index in [-0.39, 0.29) is 6.03 Å². The summed E-state index contributed by atoms with van der Waals surface area (Å²) < 4.78 is 0.